The van der Waals surface area contributed by atoms with Crippen LogP contribution in [-0.2, 0) is 17.8 Å². The van der Waals surface area contributed by atoms with Crippen LogP contribution in [0, 0.1) is 0 Å². The number of nitrogens with zero attached hydrogens (tertiary/aromatic N) is 1. The number of hydrogen-bond acceptors (Lipinski definition) is 4. The molecule has 1 amide bonds. The topological polar surface area (TPSA) is 69.6 Å². The van der Waals surface area contributed by atoms with Crippen molar-refractivity contribution in [2.24, 2.45) is 0 Å². The van der Waals surface area contributed by atoms with Gasteiger partial charge in [0.25, 0.3) is 5.91 Å². The van der Waals surface area contributed by atoms with Crippen LogP contribution >= 0.6 is 11.8 Å². The highest BCUT2D eigenvalue weighted by atomic mass is 32.2. The molecular weight excluding hydrogens is 372 g/mol. The van der Waals surface area contributed by atoms with Crippen LogP contribution in [0.5, 0.6) is 0 Å². The Balaban J connectivity index is 1.47. The fourth-order valence-electron chi connectivity index (χ4n) is 3.34. The zero-order chi connectivity index (χ0) is 19.9. The van der Waals surface area contributed by atoms with Crippen molar-refractivity contribution in [3.05, 3.63) is 65.2 Å². The van der Waals surface area contributed by atoms with Crippen LogP contribution in [0.2, 0.25) is 0 Å². The van der Waals surface area contributed by atoms with Gasteiger partial charge in [-0.3, -0.25) is 14.5 Å². The Bertz CT molecular complexity index is 840. The first-order valence-corrected chi connectivity index (χ1v) is 10.5. The zero-order valence-corrected chi connectivity index (χ0v) is 16.9. The number of thioether (sulfide) groups is 1. The fourth-order valence-corrected chi connectivity index (χ4v) is 4.27. The monoisotopic (exact) mass is 398 g/mol. The van der Waals surface area contributed by atoms with E-state index in [1.54, 1.807) is 25.1 Å². The number of carbonyl (C=O) groups is 2. The lowest BCUT2D eigenvalue weighted by Gasteiger charge is -2.28. The Morgan fingerprint density at radius 1 is 1.14 bits per heavy atom. The van der Waals surface area contributed by atoms with E-state index in [1.807, 2.05) is 6.07 Å². The van der Waals surface area contributed by atoms with E-state index in [2.05, 4.69) is 34.5 Å². The molecule has 1 heterocycles. The predicted octanol–water partition coefficient (Wildman–Crippen LogP) is 3.43. The number of carboxylic acids is 1. The van der Waals surface area contributed by atoms with Gasteiger partial charge in [0.2, 0.25) is 0 Å². The summed E-state index contributed by atoms with van der Waals surface area (Å²) in [6.45, 7) is 5.19. The third-order valence-electron chi connectivity index (χ3n) is 4.93. The molecule has 1 aliphatic rings. The van der Waals surface area contributed by atoms with E-state index in [0.717, 1.165) is 32.5 Å². The van der Waals surface area contributed by atoms with Crippen molar-refractivity contribution in [3.8, 4) is 0 Å². The quantitative estimate of drug-likeness (QED) is 0.527. The van der Waals surface area contributed by atoms with Gasteiger partial charge in [0.1, 0.15) is 5.25 Å². The van der Waals surface area contributed by atoms with Crippen molar-refractivity contribution in [2.45, 2.75) is 36.5 Å². The normalized spacial score (nSPS) is 14.9. The summed E-state index contributed by atoms with van der Waals surface area (Å²) in [6.07, 6.45) is 1.96. The maximum atomic E-state index is 12.5. The Morgan fingerprint density at radius 2 is 1.86 bits per heavy atom. The first-order valence-electron chi connectivity index (χ1n) is 9.60. The molecular formula is C22H26N2O3S. The van der Waals surface area contributed by atoms with Crippen molar-refractivity contribution in [3.63, 3.8) is 0 Å². The molecule has 5 nitrogen and oxygen atoms in total. The minimum absolute atomic E-state index is 0.148. The summed E-state index contributed by atoms with van der Waals surface area (Å²) in [7, 11) is 0. The summed E-state index contributed by atoms with van der Waals surface area (Å²) < 4.78 is 0. The molecule has 1 atom stereocenters. The summed E-state index contributed by atoms with van der Waals surface area (Å²) in [4.78, 5) is 26.8. The molecule has 0 fully saturated rings. The smallest absolute Gasteiger partial charge is 0.316 e. The van der Waals surface area contributed by atoms with Crippen LogP contribution in [0.4, 0.5) is 0 Å². The van der Waals surface area contributed by atoms with Crippen LogP contribution < -0.4 is 5.32 Å². The van der Waals surface area contributed by atoms with Crippen molar-refractivity contribution in [1.82, 2.24) is 10.2 Å². The summed E-state index contributed by atoms with van der Waals surface area (Å²) >= 11 is 1.19. The van der Waals surface area contributed by atoms with Crippen LogP contribution in [0.25, 0.3) is 0 Å². The van der Waals surface area contributed by atoms with Gasteiger partial charge in [-0.15, -0.1) is 11.8 Å². The molecule has 1 aliphatic heterocycles. The Hall–Kier alpha value is -2.31. The lowest BCUT2D eigenvalue weighted by molar-refractivity contribution is -0.136. The number of rotatable bonds is 8. The number of amides is 1. The molecule has 0 radical (unpaired) electrons. The van der Waals surface area contributed by atoms with E-state index >= 15 is 0 Å². The van der Waals surface area contributed by atoms with Crippen molar-refractivity contribution in [1.29, 1.82) is 0 Å². The predicted molar refractivity (Wildman–Crippen MR) is 112 cm³/mol. The van der Waals surface area contributed by atoms with Crippen LogP contribution in [0.1, 0.15) is 34.8 Å². The summed E-state index contributed by atoms with van der Waals surface area (Å²) in [5.41, 5.74) is 3.38. The van der Waals surface area contributed by atoms with E-state index in [1.165, 1.54) is 22.9 Å². The minimum atomic E-state index is -0.886. The number of fused-ring (bicyclic) bond motifs is 1. The molecule has 6 heteroatoms. The van der Waals surface area contributed by atoms with Crippen molar-refractivity contribution >= 4 is 23.6 Å². The molecule has 148 valence electrons. The third kappa shape index (κ3) is 5.36. The molecule has 2 aromatic rings. The highest BCUT2D eigenvalue weighted by Gasteiger charge is 2.18. The van der Waals surface area contributed by atoms with Gasteiger partial charge in [0.05, 0.1) is 5.56 Å². The van der Waals surface area contributed by atoms with Gasteiger partial charge in [0.15, 0.2) is 0 Å². The number of hydrogen-bond donors (Lipinski definition) is 2. The highest BCUT2D eigenvalue weighted by Crippen LogP contribution is 2.27. The van der Waals surface area contributed by atoms with Gasteiger partial charge in [-0.1, -0.05) is 36.4 Å². The molecule has 2 aromatic carbocycles. The largest absolute Gasteiger partial charge is 0.480 e. The summed E-state index contributed by atoms with van der Waals surface area (Å²) in [6, 6.07) is 15.7. The maximum Gasteiger partial charge on any atom is 0.316 e. The molecule has 28 heavy (non-hydrogen) atoms. The first-order chi connectivity index (χ1) is 13.5. The summed E-state index contributed by atoms with van der Waals surface area (Å²) in [5, 5.41) is 11.5. The average molecular weight is 399 g/mol. The molecule has 0 aromatic heterocycles. The van der Waals surface area contributed by atoms with E-state index < -0.39 is 11.2 Å². The average Bonchev–Trinajstić information content (AvgIpc) is 2.71. The van der Waals surface area contributed by atoms with Crippen molar-refractivity contribution in [2.75, 3.05) is 19.6 Å². The van der Waals surface area contributed by atoms with Crippen LogP contribution in [-0.4, -0.2) is 46.8 Å². The fraction of sp³-hybridized carbons (Fsp3) is 0.364. The number of aliphatic carboxylic acids is 1. The van der Waals surface area contributed by atoms with Gasteiger partial charge in [0, 0.05) is 31.1 Å². The molecule has 2 N–H and O–H groups in total. The Kier molecular flexibility index (Phi) is 7.12. The van der Waals surface area contributed by atoms with Gasteiger partial charge in [-0.2, -0.15) is 0 Å². The van der Waals surface area contributed by atoms with E-state index in [-0.39, 0.29) is 5.91 Å². The minimum Gasteiger partial charge on any atom is -0.480 e. The molecule has 0 saturated carbocycles. The molecule has 0 aliphatic carbocycles. The highest BCUT2D eigenvalue weighted by molar-refractivity contribution is 8.00. The lowest BCUT2D eigenvalue weighted by Crippen LogP contribution is -2.33. The van der Waals surface area contributed by atoms with Gasteiger partial charge >= 0.3 is 5.97 Å². The van der Waals surface area contributed by atoms with Gasteiger partial charge in [-0.05, 0) is 43.0 Å². The SMILES string of the molecule is CC(Sc1ccccc1C(=O)NCCCN1CCc2ccccc2C1)C(=O)O. The molecule has 0 saturated heterocycles. The van der Waals surface area contributed by atoms with Gasteiger partial charge < -0.3 is 10.4 Å². The van der Waals surface area contributed by atoms with E-state index in [9.17, 15) is 9.59 Å². The second-order valence-electron chi connectivity index (χ2n) is 7.00. The number of nitrogens with one attached hydrogen (secondary N) is 1. The lowest BCUT2D eigenvalue weighted by atomic mass is 10.00. The maximum absolute atomic E-state index is 12.5. The Labute approximate surface area is 170 Å². The zero-order valence-electron chi connectivity index (χ0n) is 16.1. The van der Waals surface area contributed by atoms with Gasteiger partial charge in [-0.25, -0.2) is 0 Å². The van der Waals surface area contributed by atoms with E-state index in [4.69, 9.17) is 5.11 Å². The third-order valence-corrected chi connectivity index (χ3v) is 6.09. The molecule has 3 rings (SSSR count). The van der Waals surface area contributed by atoms with E-state index in [0.29, 0.717) is 17.0 Å². The number of benzene rings is 2. The molecule has 1 unspecified atom stereocenters. The molecule has 0 bridgehead atoms. The second kappa shape index (κ2) is 9.75. The Morgan fingerprint density at radius 3 is 2.64 bits per heavy atom. The van der Waals surface area contributed by atoms with Crippen molar-refractivity contribution < 1.29 is 14.7 Å². The molecule has 0 spiro atoms. The first kappa shape index (κ1) is 20.4. The number of carbonyl (C=O) groups excluding carboxylic acids is 1. The number of carboxylic acid groups (broad SMARTS) is 1. The standard InChI is InChI=1S/C22H26N2O3S/c1-16(22(26)27)28-20-10-5-4-9-19(20)21(25)23-12-6-13-24-14-11-17-7-2-3-8-18(17)15-24/h2-5,7-10,16H,6,11-15H2,1H3,(H,23,25)(H,26,27). The van der Waals surface area contributed by atoms with Crippen LogP contribution in [0.15, 0.2) is 53.4 Å². The second-order valence-corrected chi connectivity index (χ2v) is 8.38. The van der Waals surface area contributed by atoms with Crippen LogP contribution in [0.3, 0.4) is 0 Å². The summed E-state index contributed by atoms with van der Waals surface area (Å²) in [5.74, 6) is -1.03.